The third-order valence-electron chi connectivity index (χ3n) is 5.84. The molecule has 29 heavy (non-hydrogen) atoms. The minimum Gasteiger partial charge on any atom is -0.490 e. The fourth-order valence-electron chi connectivity index (χ4n) is 4.07. The van der Waals surface area contributed by atoms with Gasteiger partial charge < -0.3 is 14.6 Å². The van der Waals surface area contributed by atoms with Gasteiger partial charge in [-0.05, 0) is 75.4 Å². The first-order chi connectivity index (χ1) is 14.2. The van der Waals surface area contributed by atoms with E-state index in [9.17, 15) is 4.79 Å². The van der Waals surface area contributed by atoms with Crippen molar-refractivity contribution in [1.29, 1.82) is 0 Å². The zero-order chi connectivity index (χ0) is 20.1. The van der Waals surface area contributed by atoms with Crippen LogP contribution in [0.4, 0.5) is 0 Å². The normalized spacial score (nSPS) is 15.6. The number of hydrogen-bond acceptors (Lipinski definition) is 3. The number of rotatable bonds is 7. The first kappa shape index (κ1) is 19.7. The van der Waals surface area contributed by atoms with Gasteiger partial charge in [-0.2, -0.15) is 0 Å². The average Bonchev–Trinajstić information content (AvgIpc) is 2.74. The number of aromatic amines is 1. The Morgan fingerprint density at radius 2 is 1.79 bits per heavy atom. The molecule has 3 aromatic rings. The SMILES string of the molecule is Cc1ccc(CCCCN2CCC(Oc3ccc4[nH]c(=O)ccc4c3)CC2)cc1. The molecule has 4 rings (SSSR count). The predicted octanol–water partition coefficient (Wildman–Crippen LogP) is 4.70. The Labute approximate surface area is 172 Å². The minimum absolute atomic E-state index is 0.0718. The molecule has 0 bridgehead atoms. The molecule has 0 saturated carbocycles. The number of benzene rings is 2. The molecule has 0 atom stereocenters. The van der Waals surface area contributed by atoms with Crippen molar-refractivity contribution in [2.75, 3.05) is 19.6 Å². The Bertz CT molecular complexity index is 986. The van der Waals surface area contributed by atoms with Crippen molar-refractivity contribution >= 4 is 10.9 Å². The average molecular weight is 391 g/mol. The molecule has 0 radical (unpaired) electrons. The molecule has 0 unspecified atom stereocenters. The van der Waals surface area contributed by atoms with Crippen molar-refractivity contribution in [3.05, 3.63) is 76.1 Å². The zero-order valence-electron chi connectivity index (χ0n) is 17.2. The number of unbranched alkanes of at least 4 members (excludes halogenated alkanes) is 1. The number of piperidine rings is 1. The quantitative estimate of drug-likeness (QED) is 0.595. The fraction of sp³-hybridized carbons (Fsp3) is 0.400. The smallest absolute Gasteiger partial charge is 0.248 e. The van der Waals surface area contributed by atoms with E-state index in [0.717, 1.165) is 42.6 Å². The number of aromatic nitrogens is 1. The van der Waals surface area contributed by atoms with Crippen LogP contribution in [-0.4, -0.2) is 35.6 Å². The molecule has 1 saturated heterocycles. The third kappa shape index (κ3) is 5.48. The molecule has 1 aromatic heterocycles. The third-order valence-corrected chi connectivity index (χ3v) is 5.84. The van der Waals surface area contributed by atoms with E-state index in [4.69, 9.17) is 4.74 Å². The predicted molar refractivity (Wildman–Crippen MR) is 119 cm³/mol. The molecular formula is C25H30N2O2. The maximum absolute atomic E-state index is 11.4. The number of likely N-dealkylation sites (tertiary alicyclic amines) is 1. The molecule has 0 aliphatic carbocycles. The summed E-state index contributed by atoms with van der Waals surface area (Å²) < 4.78 is 6.22. The largest absolute Gasteiger partial charge is 0.490 e. The summed E-state index contributed by atoms with van der Waals surface area (Å²) >= 11 is 0. The van der Waals surface area contributed by atoms with E-state index in [1.54, 1.807) is 6.07 Å². The van der Waals surface area contributed by atoms with Crippen molar-refractivity contribution in [2.24, 2.45) is 0 Å². The molecule has 0 amide bonds. The molecule has 0 spiro atoms. The van der Waals surface area contributed by atoms with Crippen molar-refractivity contribution in [2.45, 2.75) is 45.1 Å². The molecular weight excluding hydrogens is 360 g/mol. The molecule has 4 heteroatoms. The highest BCUT2D eigenvalue weighted by atomic mass is 16.5. The number of ether oxygens (including phenoxy) is 1. The molecule has 1 aliphatic rings. The Morgan fingerprint density at radius 3 is 2.59 bits per heavy atom. The lowest BCUT2D eigenvalue weighted by Gasteiger charge is -2.32. The number of nitrogens with one attached hydrogen (secondary N) is 1. The van der Waals surface area contributed by atoms with Crippen LogP contribution in [0.3, 0.4) is 0 Å². The highest BCUT2D eigenvalue weighted by Crippen LogP contribution is 2.23. The van der Waals surface area contributed by atoms with Crippen LogP contribution in [0.15, 0.2) is 59.4 Å². The van der Waals surface area contributed by atoms with Crippen LogP contribution in [0.5, 0.6) is 5.75 Å². The summed E-state index contributed by atoms with van der Waals surface area (Å²) in [5.41, 5.74) is 3.56. The first-order valence-corrected chi connectivity index (χ1v) is 10.7. The second-order valence-electron chi connectivity index (χ2n) is 8.17. The lowest BCUT2D eigenvalue weighted by Crippen LogP contribution is -2.38. The van der Waals surface area contributed by atoms with Gasteiger partial charge in [0.2, 0.25) is 5.56 Å². The molecule has 4 nitrogen and oxygen atoms in total. The van der Waals surface area contributed by atoms with E-state index in [1.165, 1.54) is 36.9 Å². The lowest BCUT2D eigenvalue weighted by molar-refractivity contribution is 0.0997. The Morgan fingerprint density at radius 1 is 1.00 bits per heavy atom. The van der Waals surface area contributed by atoms with Crippen LogP contribution >= 0.6 is 0 Å². The monoisotopic (exact) mass is 390 g/mol. The van der Waals surface area contributed by atoms with Crippen LogP contribution in [0, 0.1) is 6.92 Å². The second kappa shape index (κ2) is 9.27. The second-order valence-corrected chi connectivity index (χ2v) is 8.17. The van der Waals surface area contributed by atoms with Crippen LogP contribution < -0.4 is 10.3 Å². The summed E-state index contributed by atoms with van der Waals surface area (Å²) in [6, 6.07) is 18.2. The van der Waals surface area contributed by atoms with Gasteiger partial charge in [0.1, 0.15) is 11.9 Å². The fourth-order valence-corrected chi connectivity index (χ4v) is 4.07. The first-order valence-electron chi connectivity index (χ1n) is 10.7. The molecule has 2 heterocycles. The number of hydrogen-bond donors (Lipinski definition) is 1. The van der Waals surface area contributed by atoms with Gasteiger partial charge >= 0.3 is 0 Å². The van der Waals surface area contributed by atoms with E-state index in [-0.39, 0.29) is 11.7 Å². The van der Waals surface area contributed by atoms with Gasteiger partial charge in [-0.3, -0.25) is 4.79 Å². The maximum Gasteiger partial charge on any atom is 0.248 e. The van der Waals surface area contributed by atoms with E-state index in [2.05, 4.69) is 41.1 Å². The Hall–Kier alpha value is -2.59. The van der Waals surface area contributed by atoms with Gasteiger partial charge in [0.15, 0.2) is 0 Å². The van der Waals surface area contributed by atoms with Gasteiger partial charge in [0.05, 0.1) is 0 Å². The van der Waals surface area contributed by atoms with Crippen LogP contribution in [-0.2, 0) is 6.42 Å². The van der Waals surface area contributed by atoms with Gasteiger partial charge in [-0.15, -0.1) is 0 Å². The molecule has 152 valence electrons. The number of fused-ring (bicyclic) bond motifs is 1. The van der Waals surface area contributed by atoms with Crippen molar-refractivity contribution in [3.63, 3.8) is 0 Å². The summed E-state index contributed by atoms with van der Waals surface area (Å²) in [5.74, 6) is 0.890. The number of aryl methyl sites for hydroxylation is 2. The highest BCUT2D eigenvalue weighted by Gasteiger charge is 2.20. The van der Waals surface area contributed by atoms with Crippen LogP contribution in [0.1, 0.15) is 36.8 Å². The van der Waals surface area contributed by atoms with E-state index in [1.807, 2.05) is 24.3 Å². The summed E-state index contributed by atoms with van der Waals surface area (Å²) in [4.78, 5) is 16.8. The van der Waals surface area contributed by atoms with Crippen molar-refractivity contribution in [3.8, 4) is 5.75 Å². The molecule has 2 aromatic carbocycles. The summed E-state index contributed by atoms with van der Waals surface area (Å²) in [6.45, 7) is 5.53. The van der Waals surface area contributed by atoms with Crippen molar-refractivity contribution in [1.82, 2.24) is 9.88 Å². The summed E-state index contributed by atoms with van der Waals surface area (Å²) in [5, 5.41) is 1.01. The Balaban J connectivity index is 1.19. The van der Waals surface area contributed by atoms with E-state index < -0.39 is 0 Å². The topological polar surface area (TPSA) is 45.3 Å². The van der Waals surface area contributed by atoms with Gasteiger partial charge in [0.25, 0.3) is 0 Å². The number of pyridine rings is 1. The minimum atomic E-state index is -0.0718. The maximum atomic E-state index is 11.4. The number of H-pyrrole nitrogens is 1. The molecule has 1 fully saturated rings. The lowest BCUT2D eigenvalue weighted by atomic mass is 10.0. The van der Waals surface area contributed by atoms with Gasteiger partial charge in [-0.25, -0.2) is 0 Å². The zero-order valence-corrected chi connectivity index (χ0v) is 17.2. The Kier molecular flexibility index (Phi) is 6.30. The molecule has 1 aliphatic heterocycles. The standard InChI is InChI=1S/C25H30N2O2/c1-19-5-7-20(8-6-19)4-2-3-15-27-16-13-22(14-17-27)29-23-10-11-24-21(18-23)9-12-25(28)26-24/h5-12,18,22H,2-4,13-17H2,1H3,(H,26,28). The van der Waals surface area contributed by atoms with E-state index in [0.29, 0.717) is 0 Å². The number of nitrogens with zero attached hydrogens (tertiary/aromatic N) is 1. The van der Waals surface area contributed by atoms with Gasteiger partial charge in [0, 0.05) is 30.1 Å². The highest BCUT2D eigenvalue weighted by molar-refractivity contribution is 5.79. The van der Waals surface area contributed by atoms with Crippen LogP contribution in [0.2, 0.25) is 0 Å². The van der Waals surface area contributed by atoms with Crippen LogP contribution in [0.25, 0.3) is 10.9 Å². The molecule has 1 N–H and O–H groups in total. The van der Waals surface area contributed by atoms with E-state index >= 15 is 0 Å². The summed E-state index contributed by atoms with van der Waals surface area (Å²) in [6.07, 6.45) is 6.09. The summed E-state index contributed by atoms with van der Waals surface area (Å²) in [7, 11) is 0. The van der Waals surface area contributed by atoms with Crippen molar-refractivity contribution < 1.29 is 4.74 Å². The van der Waals surface area contributed by atoms with Gasteiger partial charge in [-0.1, -0.05) is 29.8 Å².